The molecule has 0 spiro atoms. The zero-order valence-corrected chi connectivity index (χ0v) is 22.0. The number of nitrogens with one attached hydrogen (secondary N) is 1. The lowest BCUT2D eigenvalue weighted by atomic mass is 10.1. The summed E-state index contributed by atoms with van der Waals surface area (Å²) >= 11 is 24.4. The average Bonchev–Trinajstić information content (AvgIpc) is 2.72. The van der Waals surface area contributed by atoms with E-state index >= 15 is 0 Å². The molecule has 1 N–H and O–H groups in total. The Hall–Kier alpha value is -1.71. The molecule has 1 atom stereocenters. The third kappa shape index (κ3) is 7.13. The van der Waals surface area contributed by atoms with Crippen molar-refractivity contribution in [3.8, 4) is 0 Å². The molecule has 0 radical (unpaired) electrons. The van der Waals surface area contributed by atoms with Gasteiger partial charge in [0.15, 0.2) is 0 Å². The molecule has 0 aliphatic carbocycles. The summed E-state index contributed by atoms with van der Waals surface area (Å²) in [6, 6.07) is 8.18. The van der Waals surface area contributed by atoms with Gasteiger partial charge in [-0.2, -0.15) is 0 Å². The van der Waals surface area contributed by atoms with E-state index in [1.165, 1.54) is 36.2 Å². The number of anilines is 1. The van der Waals surface area contributed by atoms with Crippen LogP contribution in [-0.4, -0.2) is 51.0 Å². The second kappa shape index (κ2) is 11.6. The van der Waals surface area contributed by atoms with Crippen LogP contribution in [0, 0.1) is 0 Å². The monoisotopic (exact) mass is 553 g/mol. The third-order valence-corrected chi connectivity index (χ3v) is 7.10. The van der Waals surface area contributed by atoms with E-state index in [-0.39, 0.29) is 23.7 Å². The van der Waals surface area contributed by atoms with Gasteiger partial charge in [-0.15, -0.1) is 0 Å². The number of carbonyl (C=O) groups excluding carboxylic acids is 2. The fourth-order valence-electron chi connectivity index (χ4n) is 3.20. The molecule has 0 aliphatic heterocycles. The van der Waals surface area contributed by atoms with Crippen LogP contribution >= 0.6 is 46.4 Å². The Labute approximate surface area is 213 Å². The minimum atomic E-state index is -3.91. The van der Waals surface area contributed by atoms with Crippen LogP contribution in [0.2, 0.25) is 20.1 Å². The maximum absolute atomic E-state index is 13.5. The van der Waals surface area contributed by atoms with Gasteiger partial charge in [-0.1, -0.05) is 59.4 Å². The van der Waals surface area contributed by atoms with Crippen LogP contribution in [0.25, 0.3) is 0 Å². The normalized spacial score (nSPS) is 12.2. The maximum Gasteiger partial charge on any atom is 0.244 e. The number of sulfonamides is 1. The van der Waals surface area contributed by atoms with Crippen molar-refractivity contribution in [1.82, 2.24) is 10.2 Å². The first-order chi connectivity index (χ1) is 15.4. The molecule has 0 bridgehead atoms. The molecule has 0 aromatic heterocycles. The SMILES string of the molecule is CCC(C(=O)NC)N(Cc1ccc(Cl)cc1Cl)C(=O)CN(c1ccc(Cl)cc1Cl)S(C)(=O)=O. The summed E-state index contributed by atoms with van der Waals surface area (Å²) in [7, 11) is -2.45. The van der Waals surface area contributed by atoms with Gasteiger partial charge < -0.3 is 10.2 Å². The van der Waals surface area contributed by atoms with E-state index in [4.69, 9.17) is 46.4 Å². The van der Waals surface area contributed by atoms with Crippen molar-refractivity contribution in [1.29, 1.82) is 0 Å². The lowest BCUT2D eigenvalue weighted by Gasteiger charge is -2.33. The summed E-state index contributed by atoms with van der Waals surface area (Å²) in [5.41, 5.74) is 0.640. The Kier molecular flexibility index (Phi) is 9.70. The maximum atomic E-state index is 13.5. The molecule has 33 heavy (non-hydrogen) atoms. The first-order valence-electron chi connectivity index (χ1n) is 9.76. The van der Waals surface area contributed by atoms with Gasteiger partial charge in [-0.3, -0.25) is 13.9 Å². The first-order valence-corrected chi connectivity index (χ1v) is 13.1. The molecular formula is C21H23Cl4N3O4S. The molecule has 2 amide bonds. The van der Waals surface area contributed by atoms with Gasteiger partial charge in [0, 0.05) is 28.7 Å². The average molecular weight is 555 g/mol. The van der Waals surface area contributed by atoms with E-state index in [1.54, 1.807) is 19.1 Å². The second-order valence-electron chi connectivity index (χ2n) is 7.16. The number of hydrogen-bond donors (Lipinski definition) is 1. The molecule has 2 aromatic carbocycles. The van der Waals surface area contributed by atoms with E-state index in [2.05, 4.69) is 5.32 Å². The Balaban J connectivity index is 2.49. The number of halogens is 4. The number of amides is 2. The van der Waals surface area contributed by atoms with E-state index in [9.17, 15) is 18.0 Å². The van der Waals surface area contributed by atoms with Gasteiger partial charge in [0.1, 0.15) is 12.6 Å². The molecule has 12 heteroatoms. The molecule has 180 valence electrons. The van der Waals surface area contributed by atoms with Crippen molar-refractivity contribution in [2.24, 2.45) is 0 Å². The van der Waals surface area contributed by atoms with Gasteiger partial charge in [0.25, 0.3) is 0 Å². The molecule has 0 heterocycles. The molecule has 2 rings (SSSR count). The molecular weight excluding hydrogens is 532 g/mol. The highest BCUT2D eigenvalue weighted by Gasteiger charge is 2.32. The summed E-state index contributed by atoms with van der Waals surface area (Å²) in [5, 5.41) is 3.64. The molecule has 0 fully saturated rings. The standard InChI is InChI=1S/C21H23Cl4N3O4S/c1-4-18(21(30)26-2)27(11-13-5-6-14(22)9-16(13)24)20(29)12-28(33(3,31)32)19-8-7-15(23)10-17(19)25/h5-10,18H,4,11-12H2,1-3H3,(H,26,30). The third-order valence-electron chi connectivity index (χ3n) is 4.85. The first kappa shape index (κ1) is 27.5. The van der Waals surface area contributed by atoms with Crippen LogP contribution in [-0.2, 0) is 26.2 Å². The lowest BCUT2D eigenvalue weighted by Crippen LogP contribution is -2.51. The van der Waals surface area contributed by atoms with Crippen molar-refractivity contribution in [3.05, 3.63) is 62.1 Å². The summed E-state index contributed by atoms with van der Waals surface area (Å²) in [4.78, 5) is 27.3. The minimum Gasteiger partial charge on any atom is -0.357 e. The highest BCUT2D eigenvalue weighted by atomic mass is 35.5. The predicted molar refractivity (Wildman–Crippen MR) is 134 cm³/mol. The van der Waals surface area contributed by atoms with E-state index in [0.29, 0.717) is 20.6 Å². The van der Waals surface area contributed by atoms with Gasteiger partial charge in [-0.05, 0) is 42.3 Å². The molecule has 0 saturated carbocycles. The Morgan fingerprint density at radius 1 is 1.00 bits per heavy atom. The molecule has 2 aromatic rings. The highest BCUT2D eigenvalue weighted by molar-refractivity contribution is 7.92. The van der Waals surface area contributed by atoms with Crippen LogP contribution in [0.1, 0.15) is 18.9 Å². The van der Waals surface area contributed by atoms with Crippen molar-refractivity contribution in [2.45, 2.75) is 25.9 Å². The van der Waals surface area contributed by atoms with Crippen LogP contribution in [0.4, 0.5) is 5.69 Å². The quantitative estimate of drug-likeness (QED) is 0.490. The highest BCUT2D eigenvalue weighted by Crippen LogP contribution is 2.31. The smallest absolute Gasteiger partial charge is 0.244 e. The van der Waals surface area contributed by atoms with Gasteiger partial charge in [0.05, 0.1) is 17.0 Å². The van der Waals surface area contributed by atoms with Crippen LogP contribution < -0.4 is 9.62 Å². The second-order valence-corrected chi connectivity index (χ2v) is 10.8. The predicted octanol–water partition coefficient (Wildman–Crippen LogP) is 4.62. The molecule has 0 aliphatic rings. The van der Waals surface area contributed by atoms with Gasteiger partial charge in [-0.25, -0.2) is 8.42 Å². The van der Waals surface area contributed by atoms with Gasteiger partial charge >= 0.3 is 0 Å². The topological polar surface area (TPSA) is 86.8 Å². The van der Waals surface area contributed by atoms with Crippen molar-refractivity contribution >= 4 is 73.9 Å². The Morgan fingerprint density at radius 3 is 2.06 bits per heavy atom. The van der Waals surface area contributed by atoms with Crippen molar-refractivity contribution in [2.75, 3.05) is 24.2 Å². The number of likely N-dealkylation sites (N-methyl/N-ethyl adjacent to an activating group) is 1. The summed E-state index contributed by atoms with van der Waals surface area (Å²) < 4.78 is 26.0. The molecule has 0 saturated heterocycles. The van der Waals surface area contributed by atoms with Crippen LogP contribution in [0.15, 0.2) is 36.4 Å². The van der Waals surface area contributed by atoms with Gasteiger partial charge in [0.2, 0.25) is 21.8 Å². The number of carbonyl (C=O) groups is 2. The number of benzene rings is 2. The fraction of sp³-hybridized carbons (Fsp3) is 0.333. The zero-order valence-electron chi connectivity index (χ0n) is 18.1. The lowest BCUT2D eigenvalue weighted by molar-refractivity contribution is -0.140. The van der Waals surface area contributed by atoms with E-state index < -0.39 is 34.4 Å². The van der Waals surface area contributed by atoms with Crippen molar-refractivity contribution in [3.63, 3.8) is 0 Å². The number of hydrogen-bond acceptors (Lipinski definition) is 4. The van der Waals surface area contributed by atoms with E-state index in [1.807, 2.05) is 0 Å². The fourth-order valence-corrected chi connectivity index (χ4v) is 5.09. The zero-order chi connectivity index (χ0) is 24.9. The largest absolute Gasteiger partial charge is 0.357 e. The molecule has 7 nitrogen and oxygen atoms in total. The van der Waals surface area contributed by atoms with Crippen molar-refractivity contribution < 1.29 is 18.0 Å². The minimum absolute atomic E-state index is 0.0350. The number of nitrogens with zero attached hydrogens (tertiary/aromatic N) is 2. The summed E-state index contributed by atoms with van der Waals surface area (Å²) in [6.45, 7) is 1.12. The molecule has 1 unspecified atom stereocenters. The van der Waals surface area contributed by atoms with Crippen LogP contribution in [0.5, 0.6) is 0 Å². The summed E-state index contributed by atoms with van der Waals surface area (Å²) in [5.74, 6) is -1.01. The van der Waals surface area contributed by atoms with Crippen LogP contribution in [0.3, 0.4) is 0 Å². The Bertz CT molecular complexity index is 1140. The Morgan fingerprint density at radius 2 is 1.58 bits per heavy atom. The number of rotatable bonds is 9. The summed E-state index contributed by atoms with van der Waals surface area (Å²) in [6.07, 6.45) is 1.25. The van der Waals surface area contributed by atoms with E-state index in [0.717, 1.165) is 10.6 Å².